The molecule has 1 aromatic heterocycles. The van der Waals surface area contributed by atoms with Crippen molar-refractivity contribution >= 4 is 23.7 Å². The zero-order valence-corrected chi connectivity index (χ0v) is 15.6. The van der Waals surface area contributed by atoms with E-state index in [1.165, 1.54) is 6.20 Å². The van der Waals surface area contributed by atoms with E-state index < -0.39 is 17.1 Å². The number of pyridine rings is 1. The summed E-state index contributed by atoms with van der Waals surface area (Å²) >= 11 is 0. The minimum atomic E-state index is -1.13. The summed E-state index contributed by atoms with van der Waals surface area (Å²) in [7, 11) is 0. The molecule has 3 heterocycles. The Morgan fingerprint density at radius 3 is 2.59 bits per heavy atom. The quantitative estimate of drug-likeness (QED) is 0.776. The van der Waals surface area contributed by atoms with Crippen molar-refractivity contribution in [2.24, 2.45) is 0 Å². The smallest absolute Gasteiger partial charge is 0.409 e. The van der Waals surface area contributed by atoms with Gasteiger partial charge >= 0.3 is 12.1 Å². The second-order valence-corrected chi connectivity index (χ2v) is 7.87. The molecule has 2 fully saturated rings. The number of esters is 1. The van der Waals surface area contributed by atoms with Crippen LogP contribution in [0.25, 0.3) is 0 Å². The van der Waals surface area contributed by atoms with Gasteiger partial charge in [0.25, 0.3) is 0 Å². The number of fused-ring (bicyclic) bond motifs is 2. The van der Waals surface area contributed by atoms with Crippen LogP contribution in [0, 0.1) is 0 Å². The summed E-state index contributed by atoms with van der Waals surface area (Å²) in [6.45, 7) is 0.864. The molecule has 2 amide bonds. The van der Waals surface area contributed by atoms with Crippen molar-refractivity contribution in [1.82, 2.24) is 9.88 Å². The summed E-state index contributed by atoms with van der Waals surface area (Å²) in [6, 6.07) is 8.75. The standard InChI is InChI=1S/C21H19N3O5/c25-17-15-11-22-9-5-16(15)21(29-17)8-10-24(12-21)18(26)20(6-7-20)13-1-3-14(4-2-13)23-19(27)28/h1-5,9,11,23H,6-8,10,12H2,(H,27,28)/t21-/m0/s1. The predicted molar refractivity (Wildman–Crippen MR) is 102 cm³/mol. The Labute approximate surface area is 166 Å². The van der Waals surface area contributed by atoms with Gasteiger partial charge in [-0.05, 0) is 36.6 Å². The largest absolute Gasteiger partial charge is 0.465 e. The molecule has 148 valence electrons. The molecule has 1 aromatic carbocycles. The number of carbonyl (C=O) groups is 3. The Morgan fingerprint density at radius 2 is 1.90 bits per heavy atom. The first-order valence-electron chi connectivity index (χ1n) is 9.51. The molecule has 8 heteroatoms. The number of rotatable bonds is 3. The van der Waals surface area contributed by atoms with E-state index in [2.05, 4.69) is 10.3 Å². The fourth-order valence-electron chi connectivity index (χ4n) is 4.55. The van der Waals surface area contributed by atoms with Gasteiger partial charge < -0.3 is 14.7 Å². The number of aromatic nitrogens is 1. The van der Waals surface area contributed by atoms with Crippen LogP contribution in [0.4, 0.5) is 10.5 Å². The molecular formula is C21H19N3O5. The molecule has 0 bridgehead atoms. The fraction of sp³-hybridized carbons (Fsp3) is 0.333. The Hall–Kier alpha value is -3.42. The molecule has 0 unspecified atom stereocenters. The second-order valence-electron chi connectivity index (χ2n) is 7.87. The molecule has 8 nitrogen and oxygen atoms in total. The van der Waals surface area contributed by atoms with Gasteiger partial charge in [0, 0.05) is 36.6 Å². The van der Waals surface area contributed by atoms with Crippen molar-refractivity contribution < 1.29 is 24.2 Å². The number of hydrogen-bond acceptors (Lipinski definition) is 5. The number of anilines is 1. The zero-order valence-electron chi connectivity index (χ0n) is 15.6. The first kappa shape index (κ1) is 17.7. The van der Waals surface area contributed by atoms with Crippen molar-refractivity contribution in [3.05, 3.63) is 59.4 Å². The van der Waals surface area contributed by atoms with Crippen molar-refractivity contribution in [2.45, 2.75) is 30.3 Å². The Balaban J connectivity index is 1.37. The van der Waals surface area contributed by atoms with Crippen LogP contribution in [0.2, 0.25) is 0 Å². The van der Waals surface area contributed by atoms with Crippen LogP contribution < -0.4 is 5.32 Å². The van der Waals surface area contributed by atoms with Crippen LogP contribution >= 0.6 is 0 Å². The minimum absolute atomic E-state index is 0.0341. The number of nitrogens with one attached hydrogen (secondary N) is 1. The maximum Gasteiger partial charge on any atom is 0.409 e. The molecule has 1 atom stereocenters. The number of amides is 2. The summed E-state index contributed by atoms with van der Waals surface area (Å²) in [5, 5.41) is 11.1. The topological polar surface area (TPSA) is 109 Å². The van der Waals surface area contributed by atoms with Crippen LogP contribution in [0.1, 0.15) is 40.7 Å². The van der Waals surface area contributed by atoms with E-state index in [9.17, 15) is 14.4 Å². The lowest BCUT2D eigenvalue weighted by atomic mass is 9.92. The Bertz CT molecular complexity index is 1030. The monoisotopic (exact) mass is 393 g/mol. The normalized spacial score (nSPS) is 23.6. The van der Waals surface area contributed by atoms with Crippen LogP contribution in [0.5, 0.6) is 0 Å². The van der Waals surface area contributed by atoms with E-state index in [4.69, 9.17) is 9.84 Å². The SMILES string of the molecule is O=C(O)Nc1ccc(C2(C(=O)N3CC[C@@]4(C3)OC(=O)c3cnccc34)CC2)cc1. The molecule has 1 spiro atoms. The van der Waals surface area contributed by atoms with Gasteiger partial charge in [-0.1, -0.05) is 12.1 Å². The van der Waals surface area contributed by atoms with E-state index in [0.29, 0.717) is 30.8 Å². The molecule has 1 saturated heterocycles. The number of ether oxygens (including phenoxy) is 1. The fourth-order valence-corrected chi connectivity index (χ4v) is 4.55. The maximum atomic E-state index is 13.4. The zero-order chi connectivity index (χ0) is 20.2. The van der Waals surface area contributed by atoms with E-state index >= 15 is 0 Å². The summed E-state index contributed by atoms with van der Waals surface area (Å²) in [5.74, 6) is -0.350. The Kier molecular flexibility index (Phi) is 3.68. The highest BCUT2D eigenvalue weighted by molar-refractivity contribution is 5.95. The molecule has 1 saturated carbocycles. The first-order chi connectivity index (χ1) is 13.9. The van der Waals surface area contributed by atoms with Crippen LogP contribution in [0.15, 0.2) is 42.7 Å². The number of likely N-dealkylation sites (tertiary alicyclic amines) is 1. The number of carboxylic acid groups (broad SMARTS) is 1. The molecule has 3 aliphatic rings. The molecule has 29 heavy (non-hydrogen) atoms. The third kappa shape index (κ3) is 2.66. The van der Waals surface area contributed by atoms with Crippen molar-refractivity contribution in [3.63, 3.8) is 0 Å². The lowest BCUT2D eigenvalue weighted by Gasteiger charge is -2.27. The van der Waals surface area contributed by atoms with E-state index in [1.54, 1.807) is 41.4 Å². The molecule has 2 aromatic rings. The minimum Gasteiger partial charge on any atom is -0.465 e. The summed E-state index contributed by atoms with van der Waals surface area (Å²) in [6.07, 6.45) is 4.11. The van der Waals surface area contributed by atoms with E-state index in [-0.39, 0.29) is 11.9 Å². The van der Waals surface area contributed by atoms with Crippen molar-refractivity contribution in [3.8, 4) is 0 Å². The number of hydrogen-bond donors (Lipinski definition) is 2. The highest BCUT2D eigenvalue weighted by atomic mass is 16.6. The lowest BCUT2D eigenvalue weighted by molar-refractivity contribution is -0.134. The Morgan fingerprint density at radius 1 is 1.14 bits per heavy atom. The summed E-state index contributed by atoms with van der Waals surface area (Å²) < 4.78 is 5.72. The van der Waals surface area contributed by atoms with Gasteiger partial charge in [0.1, 0.15) is 0 Å². The maximum absolute atomic E-state index is 13.4. The van der Waals surface area contributed by atoms with Gasteiger partial charge in [-0.15, -0.1) is 0 Å². The first-order valence-corrected chi connectivity index (χ1v) is 9.51. The van der Waals surface area contributed by atoms with Crippen molar-refractivity contribution in [2.75, 3.05) is 18.4 Å². The number of carbonyl (C=O) groups excluding carboxylic acids is 2. The molecule has 2 aliphatic heterocycles. The second kappa shape index (κ2) is 6.04. The molecular weight excluding hydrogens is 374 g/mol. The highest BCUT2D eigenvalue weighted by Crippen LogP contribution is 2.52. The van der Waals surface area contributed by atoms with Crippen LogP contribution in [0.3, 0.4) is 0 Å². The van der Waals surface area contributed by atoms with Crippen LogP contribution in [-0.2, 0) is 20.5 Å². The summed E-state index contributed by atoms with van der Waals surface area (Å²) in [4.78, 5) is 42.2. The molecule has 5 rings (SSSR count). The van der Waals surface area contributed by atoms with E-state index in [0.717, 1.165) is 24.0 Å². The van der Waals surface area contributed by atoms with Gasteiger partial charge in [-0.25, -0.2) is 9.59 Å². The molecule has 1 aliphatic carbocycles. The summed E-state index contributed by atoms with van der Waals surface area (Å²) in [5.41, 5.74) is 1.28. The van der Waals surface area contributed by atoms with Gasteiger partial charge in [0.05, 0.1) is 17.5 Å². The predicted octanol–water partition coefficient (Wildman–Crippen LogP) is 2.50. The number of benzene rings is 1. The third-order valence-corrected chi connectivity index (χ3v) is 6.19. The van der Waals surface area contributed by atoms with Gasteiger partial charge in [0.2, 0.25) is 5.91 Å². The van der Waals surface area contributed by atoms with Gasteiger partial charge in [-0.2, -0.15) is 0 Å². The average molecular weight is 393 g/mol. The lowest BCUT2D eigenvalue weighted by Crippen LogP contribution is -2.40. The van der Waals surface area contributed by atoms with Crippen molar-refractivity contribution in [1.29, 1.82) is 0 Å². The molecule has 0 radical (unpaired) electrons. The molecule has 2 N–H and O–H groups in total. The van der Waals surface area contributed by atoms with Crippen LogP contribution in [-0.4, -0.2) is 46.0 Å². The third-order valence-electron chi connectivity index (χ3n) is 6.19. The average Bonchev–Trinajstić information content (AvgIpc) is 3.34. The van der Waals surface area contributed by atoms with E-state index in [1.807, 2.05) is 0 Å². The van der Waals surface area contributed by atoms with Gasteiger partial charge in [0.15, 0.2) is 5.60 Å². The van der Waals surface area contributed by atoms with Gasteiger partial charge in [-0.3, -0.25) is 15.1 Å². The highest BCUT2D eigenvalue weighted by Gasteiger charge is 2.57. The number of nitrogens with zero attached hydrogens (tertiary/aromatic N) is 2.